The van der Waals surface area contributed by atoms with Gasteiger partial charge in [0.15, 0.2) is 17.5 Å². The number of fused-ring (bicyclic) bond motifs is 2. The number of aromatic nitrogens is 4. The Hall–Kier alpha value is -5.38. The van der Waals surface area contributed by atoms with Crippen LogP contribution in [0.3, 0.4) is 0 Å². The molecule has 1 unspecified atom stereocenters. The summed E-state index contributed by atoms with van der Waals surface area (Å²) < 4.78 is 49.6. The Morgan fingerprint density at radius 1 is 1.05 bits per heavy atom. The fraction of sp³-hybridized carbons (Fsp3) is 0.233. The summed E-state index contributed by atoms with van der Waals surface area (Å²) in [6.45, 7) is 2.23. The molecule has 13 heteroatoms. The van der Waals surface area contributed by atoms with E-state index in [9.17, 15) is 22.8 Å². The Balaban J connectivity index is 1.25. The highest BCUT2D eigenvalue weighted by atomic mass is 19.2. The molecule has 220 valence electrons. The number of hydrogen-bond donors (Lipinski definition) is 3. The van der Waals surface area contributed by atoms with E-state index in [0.717, 1.165) is 0 Å². The second-order valence-electron chi connectivity index (χ2n) is 9.72. The normalized spacial score (nSPS) is 11.8. The summed E-state index contributed by atoms with van der Waals surface area (Å²) in [7, 11) is 1.74. The highest BCUT2D eigenvalue weighted by Crippen LogP contribution is 2.29. The van der Waals surface area contributed by atoms with Gasteiger partial charge in [-0.2, -0.15) is 5.26 Å². The number of carbonyl (C=O) groups is 2. The number of para-hydroxylation sites is 1. The first-order valence-corrected chi connectivity index (χ1v) is 13.3. The third-order valence-electron chi connectivity index (χ3n) is 6.91. The summed E-state index contributed by atoms with van der Waals surface area (Å²) in [5.41, 5.74) is 1.27. The van der Waals surface area contributed by atoms with Gasteiger partial charge >= 0.3 is 0 Å². The fourth-order valence-electron chi connectivity index (χ4n) is 4.68. The number of hydrogen-bond acceptors (Lipinski definition) is 6. The Bertz CT molecular complexity index is 1890. The Morgan fingerprint density at radius 2 is 1.81 bits per heavy atom. The van der Waals surface area contributed by atoms with Crippen molar-refractivity contribution < 1.29 is 27.5 Å². The lowest BCUT2D eigenvalue weighted by Gasteiger charge is -2.12. The Kier molecular flexibility index (Phi) is 8.29. The molecular formula is C30H26F3N7O3. The molecular weight excluding hydrogens is 563 g/mol. The largest absolute Gasteiger partial charge is 0.491 e. The number of halogens is 3. The zero-order valence-corrected chi connectivity index (χ0v) is 23.2. The molecule has 2 aromatic heterocycles. The lowest BCUT2D eigenvalue weighted by Crippen LogP contribution is -2.29. The number of carbonyl (C=O) groups excluding carboxylic acids is 2. The van der Waals surface area contributed by atoms with Gasteiger partial charge < -0.3 is 24.9 Å². The minimum Gasteiger partial charge on any atom is -0.491 e. The van der Waals surface area contributed by atoms with Gasteiger partial charge in [-0.25, -0.2) is 23.1 Å². The number of rotatable bonds is 10. The molecule has 43 heavy (non-hydrogen) atoms. The number of H-pyrrole nitrogens is 1. The molecule has 0 saturated heterocycles. The van der Waals surface area contributed by atoms with Crippen LogP contribution in [0.2, 0.25) is 0 Å². The highest BCUT2D eigenvalue weighted by molar-refractivity contribution is 5.98. The van der Waals surface area contributed by atoms with Crippen molar-refractivity contribution in [2.75, 3.05) is 19.7 Å². The summed E-state index contributed by atoms with van der Waals surface area (Å²) in [5.74, 6) is -3.69. The SMILES string of the molecule is CC(c1nc2c(F)cc(F)c(F)c2[nH]1)c1nc2ccc(C(=O)NCCOc3ccccc3C(=O)NCCC#N)cc2n1C. The Labute approximate surface area is 243 Å². The van der Waals surface area contributed by atoms with Crippen LogP contribution < -0.4 is 15.4 Å². The second kappa shape index (κ2) is 12.2. The van der Waals surface area contributed by atoms with Crippen molar-refractivity contribution in [3.63, 3.8) is 0 Å². The molecule has 0 aliphatic rings. The maximum atomic E-state index is 14.2. The first-order valence-electron chi connectivity index (χ1n) is 13.3. The molecule has 2 amide bonds. The maximum Gasteiger partial charge on any atom is 0.255 e. The van der Waals surface area contributed by atoms with E-state index in [2.05, 4.69) is 25.6 Å². The van der Waals surface area contributed by atoms with Gasteiger partial charge in [0.1, 0.15) is 35.0 Å². The summed E-state index contributed by atoms with van der Waals surface area (Å²) >= 11 is 0. The summed E-state index contributed by atoms with van der Waals surface area (Å²) in [4.78, 5) is 36.7. The van der Waals surface area contributed by atoms with Crippen LogP contribution in [-0.4, -0.2) is 51.0 Å². The van der Waals surface area contributed by atoms with E-state index in [4.69, 9.17) is 10.00 Å². The first-order chi connectivity index (χ1) is 20.7. The molecule has 0 spiro atoms. The monoisotopic (exact) mass is 589 g/mol. The van der Waals surface area contributed by atoms with Gasteiger partial charge in [-0.1, -0.05) is 12.1 Å². The lowest BCUT2D eigenvalue weighted by atomic mass is 10.1. The average molecular weight is 590 g/mol. The second-order valence-corrected chi connectivity index (χ2v) is 9.72. The minimum atomic E-state index is -1.31. The number of ether oxygens (including phenoxy) is 1. The van der Waals surface area contributed by atoms with Crippen LogP contribution in [0.1, 0.15) is 51.6 Å². The molecule has 2 heterocycles. The molecule has 0 aliphatic carbocycles. The van der Waals surface area contributed by atoms with Crippen molar-refractivity contribution in [3.8, 4) is 11.8 Å². The number of aromatic amines is 1. The molecule has 1 atom stereocenters. The lowest BCUT2D eigenvalue weighted by molar-refractivity contribution is 0.0933. The van der Waals surface area contributed by atoms with Crippen molar-refractivity contribution in [2.45, 2.75) is 19.3 Å². The molecule has 5 rings (SSSR count). The third kappa shape index (κ3) is 5.85. The van der Waals surface area contributed by atoms with Gasteiger partial charge in [-0.15, -0.1) is 0 Å². The number of nitrogens with one attached hydrogen (secondary N) is 3. The van der Waals surface area contributed by atoms with Crippen molar-refractivity contribution in [1.82, 2.24) is 30.2 Å². The smallest absolute Gasteiger partial charge is 0.255 e. The number of imidazole rings is 2. The zero-order chi connectivity index (χ0) is 30.7. The van der Waals surface area contributed by atoms with E-state index in [1.807, 2.05) is 6.07 Å². The number of nitrogens with zero attached hydrogens (tertiary/aromatic N) is 4. The molecule has 0 aliphatic heterocycles. The Morgan fingerprint density at radius 3 is 2.60 bits per heavy atom. The molecule has 0 saturated carbocycles. The van der Waals surface area contributed by atoms with E-state index in [1.54, 1.807) is 61.0 Å². The van der Waals surface area contributed by atoms with Crippen LogP contribution in [0, 0.1) is 28.8 Å². The van der Waals surface area contributed by atoms with E-state index < -0.39 is 23.4 Å². The quantitative estimate of drug-likeness (QED) is 0.162. The predicted molar refractivity (Wildman–Crippen MR) is 151 cm³/mol. The van der Waals surface area contributed by atoms with Crippen LogP contribution >= 0.6 is 0 Å². The van der Waals surface area contributed by atoms with Gasteiger partial charge in [0.25, 0.3) is 11.8 Å². The predicted octanol–water partition coefficient (Wildman–Crippen LogP) is 4.47. The van der Waals surface area contributed by atoms with Crippen LogP contribution in [-0.2, 0) is 7.05 Å². The molecule has 3 N–H and O–H groups in total. The van der Waals surface area contributed by atoms with Crippen molar-refractivity contribution in [3.05, 3.63) is 88.8 Å². The topological polar surface area (TPSA) is 138 Å². The van der Waals surface area contributed by atoms with Crippen LogP contribution in [0.25, 0.3) is 22.1 Å². The zero-order valence-electron chi connectivity index (χ0n) is 23.2. The fourth-order valence-corrected chi connectivity index (χ4v) is 4.68. The van der Waals surface area contributed by atoms with Gasteiger partial charge in [0.05, 0.1) is 41.5 Å². The maximum absolute atomic E-state index is 14.2. The average Bonchev–Trinajstić information content (AvgIpc) is 3.60. The molecule has 5 aromatic rings. The van der Waals surface area contributed by atoms with Gasteiger partial charge in [0.2, 0.25) is 0 Å². The first kappa shape index (κ1) is 29.1. The standard InChI is InChI=1S/C30H26F3N7O3/c1-16(27-38-25-20(32)15-19(31)24(33)26(25)39-27)28-37-21-9-8-17(14-22(21)40(28)2)29(41)36-12-13-43-23-7-4-3-6-18(23)30(42)35-11-5-10-34/h3-4,6-9,14-16H,5,11-13H2,1-2H3,(H,35,42)(H,36,41)(H,38,39). The van der Waals surface area contributed by atoms with Gasteiger partial charge in [-0.05, 0) is 37.3 Å². The molecule has 0 bridgehead atoms. The van der Waals surface area contributed by atoms with E-state index in [0.29, 0.717) is 39.8 Å². The van der Waals surface area contributed by atoms with E-state index in [-0.39, 0.29) is 54.8 Å². The summed E-state index contributed by atoms with van der Waals surface area (Å²) in [6, 6.07) is 14.1. The number of aryl methyl sites for hydroxylation is 1. The molecule has 3 aromatic carbocycles. The number of benzene rings is 3. The van der Waals surface area contributed by atoms with Crippen molar-refractivity contribution >= 4 is 33.9 Å². The van der Waals surface area contributed by atoms with E-state index in [1.165, 1.54) is 0 Å². The minimum absolute atomic E-state index is 0.104. The van der Waals surface area contributed by atoms with Crippen molar-refractivity contribution in [2.24, 2.45) is 7.05 Å². The van der Waals surface area contributed by atoms with E-state index >= 15 is 0 Å². The summed E-state index contributed by atoms with van der Waals surface area (Å²) in [6.07, 6.45) is 0.192. The number of nitriles is 1. The number of amides is 2. The van der Waals surface area contributed by atoms with Crippen molar-refractivity contribution in [1.29, 1.82) is 5.26 Å². The summed E-state index contributed by atoms with van der Waals surface area (Å²) in [5, 5.41) is 14.1. The highest BCUT2D eigenvalue weighted by Gasteiger charge is 2.23. The van der Waals surface area contributed by atoms with Gasteiger partial charge in [-0.3, -0.25) is 9.59 Å². The molecule has 0 radical (unpaired) electrons. The van der Waals surface area contributed by atoms with Crippen LogP contribution in [0.15, 0.2) is 48.5 Å². The van der Waals surface area contributed by atoms with Crippen LogP contribution in [0.4, 0.5) is 13.2 Å². The molecule has 10 nitrogen and oxygen atoms in total. The third-order valence-corrected chi connectivity index (χ3v) is 6.91. The van der Waals surface area contributed by atoms with Gasteiger partial charge in [0, 0.05) is 25.2 Å². The van der Waals surface area contributed by atoms with Crippen LogP contribution in [0.5, 0.6) is 5.75 Å². The molecule has 0 fully saturated rings.